The van der Waals surface area contributed by atoms with Crippen molar-refractivity contribution in [3.8, 4) is 5.75 Å². The van der Waals surface area contributed by atoms with Crippen LogP contribution < -0.4 is 10.1 Å². The summed E-state index contributed by atoms with van der Waals surface area (Å²) in [4.78, 5) is 24.0. The second-order valence-corrected chi connectivity index (χ2v) is 6.60. The molecule has 0 aliphatic carbocycles. The van der Waals surface area contributed by atoms with Gasteiger partial charge in [-0.3, -0.25) is 9.59 Å². The molecule has 2 rings (SSSR count). The van der Waals surface area contributed by atoms with E-state index in [4.69, 9.17) is 21.1 Å². The molecule has 0 saturated heterocycles. The minimum absolute atomic E-state index is 0.168. The maximum Gasteiger partial charge on any atom is 0.306 e. The van der Waals surface area contributed by atoms with Crippen LogP contribution in [0.4, 0.5) is 5.69 Å². The first-order valence-corrected chi connectivity index (χ1v) is 9.21. The average molecular weight is 390 g/mol. The van der Waals surface area contributed by atoms with E-state index < -0.39 is 11.9 Å². The Morgan fingerprint density at radius 1 is 1.15 bits per heavy atom. The predicted molar refractivity (Wildman–Crippen MR) is 106 cm³/mol. The van der Waals surface area contributed by atoms with Crippen LogP contribution in [0, 0.1) is 13.8 Å². The summed E-state index contributed by atoms with van der Waals surface area (Å²) in [6, 6.07) is 11.2. The van der Waals surface area contributed by atoms with Gasteiger partial charge in [-0.05, 0) is 56.0 Å². The molecule has 0 saturated carbocycles. The summed E-state index contributed by atoms with van der Waals surface area (Å²) in [5.74, 6) is -0.106. The molecule has 5 nitrogen and oxygen atoms in total. The first-order valence-electron chi connectivity index (χ1n) is 8.83. The summed E-state index contributed by atoms with van der Waals surface area (Å²) in [5.41, 5.74) is 3.33. The van der Waals surface area contributed by atoms with E-state index in [1.807, 2.05) is 51.1 Å². The number of nitrogens with one attached hydrogen (secondary N) is 1. The average Bonchev–Trinajstić information content (AvgIpc) is 2.62. The van der Waals surface area contributed by atoms with Crippen LogP contribution in [0.3, 0.4) is 0 Å². The van der Waals surface area contributed by atoms with Crippen molar-refractivity contribution in [2.45, 2.75) is 33.6 Å². The normalized spacial score (nSPS) is 10.4. The van der Waals surface area contributed by atoms with E-state index in [1.165, 1.54) is 0 Å². The van der Waals surface area contributed by atoms with Crippen molar-refractivity contribution in [2.75, 3.05) is 18.5 Å². The van der Waals surface area contributed by atoms with Crippen LogP contribution in [0.2, 0.25) is 5.02 Å². The number of rotatable bonds is 8. The molecule has 0 spiro atoms. The van der Waals surface area contributed by atoms with E-state index in [0.717, 1.165) is 22.4 Å². The number of amides is 1. The second kappa shape index (κ2) is 9.97. The number of carbonyl (C=O) groups excluding carboxylic acids is 2. The maximum absolute atomic E-state index is 12.1. The Morgan fingerprint density at radius 2 is 1.89 bits per heavy atom. The van der Waals surface area contributed by atoms with E-state index in [1.54, 1.807) is 6.07 Å². The highest BCUT2D eigenvalue weighted by Crippen LogP contribution is 2.27. The van der Waals surface area contributed by atoms with Gasteiger partial charge in [0.25, 0.3) is 5.91 Å². The molecule has 27 heavy (non-hydrogen) atoms. The molecule has 144 valence electrons. The number of benzene rings is 2. The summed E-state index contributed by atoms with van der Waals surface area (Å²) in [5, 5.41) is 3.15. The van der Waals surface area contributed by atoms with Gasteiger partial charge in [0.1, 0.15) is 5.75 Å². The van der Waals surface area contributed by atoms with Gasteiger partial charge >= 0.3 is 5.97 Å². The highest BCUT2D eigenvalue weighted by Gasteiger charge is 2.13. The van der Waals surface area contributed by atoms with Crippen molar-refractivity contribution in [2.24, 2.45) is 0 Å². The molecule has 0 aromatic heterocycles. The van der Waals surface area contributed by atoms with Gasteiger partial charge in [-0.25, -0.2) is 0 Å². The van der Waals surface area contributed by atoms with Crippen molar-refractivity contribution in [3.05, 3.63) is 58.1 Å². The summed E-state index contributed by atoms with van der Waals surface area (Å²) >= 11 is 6.17. The molecule has 1 N–H and O–H groups in total. The Labute approximate surface area is 164 Å². The van der Waals surface area contributed by atoms with E-state index >= 15 is 0 Å². The molecule has 0 heterocycles. The van der Waals surface area contributed by atoms with Crippen molar-refractivity contribution in [1.29, 1.82) is 0 Å². The summed E-state index contributed by atoms with van der Waals surface area (Å²) in [7, 11) is 0. The molecule has 6 heteroatoms. The van der Waals surface area contributed by atoms with Crippen LogP contribution in [0.1, 0.15) is 30.0 Å². The largest absolute Gasteiger partial charge is 0.494 e. The molecule has 0 fully saturated rings. The van der Waals surface area contributed by atoms with Gasteiger partial charge in [0.2, 0.25) is 0 Å². The molecule has 2 aromatic rings. The third-order valence-electron chi connectivity index (χ3n) is 3.93. The fourth-order valence-corrected chi connectivity index (χ4v) is 3.08. The lowest BCUT2D eigenvalue weighted by molar-refractivity contribution is -0.147. The minimum atomic E-state index is -0.442. The van der Waals surface area contributed by atoms with Gasteiger partial charge in [0.15, 0.2) is 6.61 Å². The molecule has 2 aromatic carbocycles. The van der Waals surface area contributed by atoms with E-state index in [9.17, 15) is 9.59 Å². The zero-order chi connectivity index (χ0) is 19.8. The van der Waals surface area contributed by atoms with Crippen molar-refractivity contribution >= 4 is 29.2 Å². The molecular formula is C21H24ClNO4. The van der Waals surface area contributed by atoms with E-state index in [0.29, 0.717) is 23.7 Å². The number of hydrogen-bond acceptors (Lipinski definition) is 4. The number of carbonyl (C=O) groups is 2. The van der Waals surface area contributed by atoms with Crippen molar-refractivity contribution in [3.63, 3.8) is 0 Å². The highest BCUT2D eigenvalue weighted by molar-refractivity contribution is 6.34. The summed E-state index contributed by atoms with van der Waals surface area (Å²) < 4.78 is 10.6. The second-order valence-electron chi connectivity index (χ2n) is 6.19. The Balaban J connectivity index is 1.83. The lowest BCUT2D eigenvalue weighted by Crippen LogP contribution is -2.21. The smallest absolute Gasteiger partial charge is 0.306 e. The molecule has 0 aliphatic rings. The molecule has 0 unspecified atom stereocenters. The number of ether oxygens (including phenoxy) is 2. The molecular weight excluding hydrogens is 366 g/mol. The standard InChI is InChI=1S/C21H24ClNO4/c1-4-26-18-8-6-5-7-16(18)9-10-20(25)27-13-19(24)23-21-15(3)11-14(2)12-17(21)22/h5-8,11-12H,4,9-10,13H2,1-3H3,(H,23,24). The lowest BCUT2D eigenvalue weighted by Gasteiger charge is -2.12. The van der Waals surface area contributed by atoms with E-state index in [-0.39, 0.29) is 13.0 Å². The van der Waals surface area contributed by atoms with Crippen LogP contribution in [-0.4, -0.2) is 25.1 Å². The molecule has 0 bridgehead atoms. The number of esters is 1. The Hall–Kier alpha value is -2.53. The number of halogens is 1. The maximum atomic E-state index is 12.1. The van der Waals surface area contributed by atoms with Gasteiger partial charge < -0.3 is 14.8 Å². The molecule has 0 aliphatic heterocycles. The topological polar surface area (TPSA) is 64.6 Å². The van der Waals surface area contributed by atoms with Crippen LogP contribution in [0.15, 0.2) is 36.4 Å². The van der Waals surface area contributed by atoms with Gasteiger partial charge in [-0.2, -0.15) is 0 Å². The molecule has 1 amide bonds. The van der Waals surface area contributed by atoms with Gasteiger partial charge in [0, 0.05) is 6.42 Å². The fourth-order valence-electron chi connectivity index (χ4n) is 2.71. The van der Waals surface area contributed by atoms with Gasteiger partial charge in [0.05, 0.1) is 17.3 Å². The summed E-state index contributed by atoms with van der Waals surface area (Å²) in [6.07, 6.45) is 0.654. The Kier molecular flexibility index (Phi) is 7.67. The fraction of sp³-hybridized carbons (Fsp3) is 0.333. The molecule has 0 atom stereocenters. The van der Waals surface area contributed by atoms with Gasteiger partial charge in [-0.1, -0.05) is 35.9 Å². The SMILES string of the molecule is CCOc1ccccc1CCC(=O)OCC(=O)Nc1c(C)cc(C)cc1Cl. The minimum Gasteiger partial charge on any atom is -0.494 e. The van der Waals surface area contributed by atoms with E-state index in [2.05, 4.69) is 5.32 Å². The summed E-state index contributed by atoms with van der Waals surface area (Å²) in [6.45, 7) is 5.90. The first-order chi connectivity index (χ1) is 12.9. The number of aryl methyl sites for hydroxylation is 3. The van der Waals surface area contributed by atoms with Crippen LogP contribution in [-0.2, 0) is 20.7 Å². The third kappa shape index (κ3) is 6.29. The third-order valence-corrected chi connectivity index (χ3v) is 4.23. The monoisotopic (exact) mass is 389 g/mol. The van der Waals surface area contributed by atoms with Gasteiger partial charge in [-0.15, -0.1) is 0 Å². The zero-order valence-electron chi connectivity index (χ0n) is 15.8. The number of hydrogen-bond donors (Lipinski definition) is 1. The first kappa shape index (κ1) is 20.8. The highest BCUT2D eigenvalue weighted by atomic mass is 35.5. The Morgan fingerprint density at radius 3 is 2.59 bits per heavy atom. The number of anilines is 1. The van der Waals surface area contributed by atoms with Crippen molar-refractivity contribution in [1.82, 2.24) is 0 Å². The number of para-hydroxylation sites is 1. The van der Waals surface area contributed by atoms with Crippen LogP contribution in [0.25, 0.3) is 0 Å². The van der Waals surface area contributed by atoms with Crippen molar-refractivity contribution < 1.29 is 19.1 Å². The van der Waals surface area contributed by atoms with Crippen LogP contribution >= 0.6 is 11.6 Å². The quantitative estimate of drug-likeness (QED) is 0.676. The Bertz CT molecular complexity index is 797. The zero-order valence-corrected chi connectivity index (χ0v) is 16.6. The lowest BCUT2D eigenvalue weighted by atomic mass is 10.1. The predicted octanol–water partition coefficient (Wildman–Crippen LogP) is 4.47. The van der Waals surface area contributed by atoms with Crippen LogP contribution in [0.5, 0.6) is 5.75 Å². The molecule has 0 radical (unpaired) electrons.